The number of carbonyl (C=O) groups excluding carboxylic acids is 1. The number of carbonyl (C=O) groups is 1. The minimum Gasteiger partial charge on any atom is -0.371 e. The van der Waals surface area contributed by atoms with Gasteiger partial charge in [-0.05, 0) is 49.3 Å². The number of amides is 1. The van der Waals surface area contributed by atoms with E-state index in [1.54, 1.807) is 0 Å². The zero-order chi connectivity index (χ0) is 21.0. The summed E-state index contributed by atoms with van der Waals surface area (Å²) >= 11 is 0. The maximum absolute atomic E-state index is 12.6. The van der Waals surface area contributed by atoms with E-state index in [4.69, 9.17) is 0 Å². The van der Waals surface area contributed by atoms with Gasteiger partial charge in [-0.1, -0.05) is 19.1 Å². The van der Waals surface area contributed by atoms with Crippen LogP contribution in [0.3, 0.4) is 0 Å². The maximum Gasteiger partial charge on any atom is 0.281 e. The second-order valence-electron chi connectivity index (χ2n) is 8.57. The first-order valence-electron chi connectivity index (χ1n) is 10.6. The highest BCUT2D eigenvalue weighted by molar-refractivity contribution is 7.86. The van der Waals surface area contributed by atoms with Gasteiger partial charge < -0.3 is 10.2 Å². The lowest BCUT2D eigenvalue weighted by Gasteiger charge is -2.33. The summed E-state index contributed by atoms with van der Waals surface area (Å²) in [4.78, 5) is 15.0. The van der Waals surface area contributed by atoms with Crippen LogP contribution in [0.5, 0.6) is 0 Å². The van der Waals surface area contributed by atoms with Crippen molar-refractivity contribution in [3.63, 3.8) is 0 Å². The van der Waals surface area contributed by atoms with E-state index in [1.807, 2.05) is 0 Å². The molecule has 3 rings (SSSR count). The van der Waals surface area contributed by atoms with E-state index < -0.39 is 10.2 Å². The molecule has 2 saturated heterocycles. The first-order chi connectivity index (χ1) is 13.8. The Hall–Kier alpha value is -1.64. The smallest absolute Gasteiger partial charge is 0.281 e. The Morgan fingerprint density at radius 2 is 1.79 bits per heavy atom. The van der Waals surface area contributed by atoms with Gasteiger partial charge in [-0.25, -0.2) is 0 Å². The Kier molecular flexibility index (Phi) is 7.19. The summed E-state index contributed by atoms with van der Waals surface area (Å²) in [6.07, 6.45) is 3.96. The number of rotatable bonds is 6. The molecule has 0 aliphatic carbocycles. The normalized spacial score (nSPS) is 23.9. The van der Waals surface area contributed by atoms with Crippen molar-refractivity contribution in [1.82, 2.24) is 13.9 Å². The highest BCUT2D eigenvalue weighted by atomic mass is 32.2. The van der Waals surface area contributed by atoms with E-state index in [0.29, 0.717) is 19.5 Å². The van der Waals surface area contributed by atoms with Crippen LogP contribution in [0.1, 0.15) is 38.2 Å². The summed E-state index contributed by atoms with van der Waals surface area (Å²) in [5.41, 5.74) is 2.30. The van der Waals surface area contributed by atoms with E-state index in [2.05, 4.69) is 41.4 Å². The SMILES string of the molecule is CC1CCCN(c2ccc(CNC(=O)C3CCCN(S(=O)(=O)N(C)C)C3)cc2)C1. The summed E-state index contributed by atoms with van der Waals surface area (Å²) in [5, 5.41) is 2.99. The number of nitrogens with one attached hydrogen (secondary N) is 1. The number of hydrogen-bond acceptors (Lipinski definition) is 4. The molecule has 1 aromatic carbocycles. The first kappa shape index (κ1) is 22.1. The molecule has 7 nitrogen and oxygen atoms in total. The summed E-state index contributed by atoms with van der Waals surface area (Å²) in [6, 6.07) is 8.40. The Labute approximate surface area is 175 Å². The molecular weight excluding hydrogens is 388 g/mol. The van der Waals surface area contributed by atoms with Crippen LogP contribution >= 0.6 is 0 Å². The Morgan fingerprint density at radius 1 is 1.10 bits per heavy atom. The lowest BCUT2D eigenvalue weighted by atomic mass is 9.98. The molecule has 2 aliphatic rings. The quantitative estimate of drug-likeness (QED) is 0.762. The van der Waals surface area contributed by atoms with E-state index in [0.717, 1.165) is 31.0 Å². The molecule has 0 radical (unpaired) electrons. The van der Waals surface area contributed by atoms with Crippen molar-refractivity contribution in [3.05, 3.63) is 29.8 Å². The molecular formula is C21H34N4O3S. The van der Waals surface area contributed by atoms with Crippen molar-refractivity contribution >= 4 is 21.8 Å². The van der Waals surface area contributed by atoms with Gasteiger partial charge in [0.2, 0.25) is 5.91 Å². The number of benzene rings is 1. The molecule has 0 aromatic heterocycles. The third-order valence-electron chi connectivity index (χ3n) is 5.97. The molecule has 2 heterocycles. The van der Waals surface area contributed by atoms with Crippen LogP contribution in [0.15, 0.2) is 24.3 Å². The number of anilines is 1. The molecule has 1 N–H and O–H groups in total. The third-order valence-corrected chi connectivity index (χ3v) is 7.87. The van der Waals surface area contributed by atoms with Crippen molar-refractivity contribution in [2.24, 2.45) is 11.8 Å². The van der Waals surface area contributed by atoms with Crippen LogP contribution in [0, 0.1) is 11.8 Å². The van der Waals surface area contributed by atoms with Crippen molar-refractivity contribution < 1.29 is 13.2 Å². The second kappa shape index (κ2) is 9.45. The predicted molar refractivity (Wildman–Crippen MR) is 116 cm³/mol. The van der Waals surface area contributed by atoms with Gasteiger partial charge in [0.1, 0.15) is 0 Å². The topological polar surface area (TPSA) is 73.0 Å². The third kappa shape index (κ3) is 5.49. The average molecular weight is 423 g/mol. The van der Waals surface area contributed by atoms with Crippen LogP contribution in [-0.2, 0) is 21.5 Å². The Morgan fingerprint density at radius 3 is 2.45 bits per heavy atom. The van der Waals surface area contributed by atoms with Crippen molar-refractivity contribution in [2.75, 3.05) is 45.2 Å². The molecule has 8 heteroatoms. The van der Waals surface area contributed by atoms with E-state index in [1.165, 1.54) is 41.2 Å². The lowest BCUT2D eigenvalue weighted by molar-refractivity contribution is -0.126. The zero-order valence-electron chi connectivity index (χ0n) is 17.8. The van der Waals surface area contributed by atoms with Crippen molar-refractivity contribution in [3.8, 4) is 0 Å². The van der Waals surface area contributed by atoms with E-state index in [9.17, 15) is 13.2 Å². The van der Waals surface area contributed by atoms with Gasteiger partial charge in [-0.3, -0.25) is 4.79 Å². The average Bonchev–Trinajstić information content (AvgIpc) is 2.72. The summed E-state index contributed by atoms with van der Waals surface area (Å²) < 4.78 is 27.3. The Balaban J connectivity index is 1.52. The molecule has 1 aromatic rings. The number of nitrogens with zero attached hydrogens (tertiary/aromatic N) is 3. The van der Waals surface area contributed by atoms with Crippen LogP contribution < -0.4 is 10.2 Å². The molecule has 0 spiro atoms. The van der Waals surface area contributed by atoms with Gasteiger partial charge in [-0.15, -0.1) is 0 Å². The van der Waals surface area contributed by atoms with Crippen LogP contribution in [0.2, 0.25) is 0 Å². The van der Waals surface area contributed by atoms with E-state index in [-0.39, 0.29) is 18.4 Å². The first-order valence-corrected chi connectivity index (χ1v) is 12.0. The van der Waals surface area contributed by atoms with Crippen molar-refractivity contribution in [2.45, 2.75) is 39.2 Å². The molecule has 2 fully saturated rings. The van der Waals surface area contributed by atoms with Gasteiger partial charge in [-0.2, -0.15) is 17.0 Å². The van der Waals surface area contributed by atoms with Crippen molar-refractivity contribution in [1.29, 1.82) is 0 Å². The van der Waals surface area contributed by atoms with Crippen LogP contribution in [-0.4, -0.2) is 63.2 Å². The molecule has 162 valence electrons. The fraction of sp³-hybridized carbons (Fsp3) is 0.667. The van der Waals surface area contributed by atoms with Crippen LogP contribution in [0.4, 0.5) is 5.69 Å². The maximum atomic E-state index is 12.6. The number of hydrogen-bond donors (Lipinski definition) is 1. The van der Waals surface area contributed by atoms with Gasteiger partial charge in [0.05, 0.1) is 5.92 Å². The second-order valence-corrected chi connectivity index (χ2v) is 10.7. The van der Waals surface area contributed by atoms with Gasteiger partial charge in [0.25, 0.3) is 10.2 Å². The standard InChI is InChI=1S/C21H34N4O3S/c1-17-6-4-12-24(15-17)20-10-8-18(9-11-20)14-22-21(26)19-7-5-13-25(16-19)29(27,28)23(2)3/h8-11,17,19H,4-7,12-16H2,1-3H3,(H,22,26). The minimum atomic E-state index is -3.47. The Bertz CT molecular complexity index is 795. The zero-order valence-corrected chi connectivity index (χ0v) is 18.6. The van der Waals surface area contributed by atoms with Crippen LogP contribution in [0.25, 0.3) is 0 Å². The largest absolute Gasteiger partial charge is 0.371 e. The summed E-state index contributed by atoms with van der Waals surface area (Å²) in [7, 11) is -0.429. The molecule has 29 heavy (non-hydrogen) atoms. The highest BCUT2D eigenvalue weighted by Gasteiger charge is 2.33. The molecule has 0 saturated carbocycles. The van der Waals surface area contributed by atoms with E-state index >= 15 is 0 Å². The monoisotopic (exact) mass is 422 g/mol. The predicted octanol–water partition coefficient (Wildman–Crippen LogP) is 2.06. The van der Waals surface area contributed by atoms with Gasteiger partial charge in [0, 0.05) is 52.5 Å². The fourth-order valence-electron chi connectivity index (χ4n) is 4.18. The number of piperidine rings is 2. The molecule has 0 bridgehead atoms. The highest BCUT2D eigenvalue weighted by Crippen LogP contribution is 2.24. The molecule has 2 unspecified atom stereocenters. The molecule has 2 aliphatic heterocycles. The molecule has 2 atom stereocenters. The lowest BCUT2D eigenvalue weighted by Crippen LogP contribution is -2.48. The van der Waals surface area contributed by atoms with Gasteiger partial charge >= 0.3 is 0 Å². The fourth-order valence-corrected chi connectivity index (χ4v) is 5.37. The summed E-state index contributed by atoms with van der Waals surface area (Å²) in [6.45, 7) is 5.69. The van der Waals surface area contributed by atoms with Gasteiger partial charge in [0.15, 0.2) is 0 Å². The minimum absolute atomic E-state index is 0.0717. The molecule has 1 amide bonds. The summed E-state index contributed by atoms with van der Waals surface area (Å²) in [5.74, 6) is 0.360.